The highest BCUT2D eigenvalue weighted by Gasteiger charge is 2.43. The molecule has 0 atom stereocenters. The Labute approximate surface area is 715 Å². The summed E-state index contributed by atoms with van der Waals surface area (Å²) in [5.41, 5.74) is 26.9. The van der Waals surface area contributed by atoms with E-state index in [1.165, 1.54) is 27.8 Å². The van der Waals surface area contributed by atoms with Crippen LogP contribution in [0.5, 0.6) is 0 Å². The van der Waals surface area contributed by atoms with Crippen LogP contribution >= 0.6 is 0 Å². The van der Waals surface area contributed by atoms with Gasteiger partial charge in [-0.05, 0) is 137 Å². The zero-order chi connectivity index (χ0) is 82.0. The number of hydrogen-bond acceptors (Lipinski definition) is 13. The molecule has 14 nitrogen and oxygen atoms in total. The number of rotatable bonds is 16. The Bertz CT molecular complexity index is 7290. The quantitative estimate of drug-likeness (QED) is 0.0844. The highest BCUT2D eigenvalue weighted by atomic mass is 15.2. The van der Waals surface area contributed by atoms with Crippen LogP contribution in [0, 0.1) is 0 Å². The third-order valence-electron chi connectivity index (χ3n) is 23.4. The van der Waals surface area contributed by atoms with Gasteiger partial charge in [-0.3, -0.25) is 0 Å². The molecule has 15 heteroatoms. The van der Waals surface area contributed by atoms with Gasteiger partial charge in [0.2, 0.25) is 0 Å². The summed E-state index contributed by atoms with van der Waals surface area (Å²) >= 11 is 0. The monoisotopic (exact) mass is 1580 g/mol. The number of para-hydroxylation sites is 3. The van der Waals surface area contributed by atoms with E-state index in [4.69, 9.17) is 54.8 Å². The third-order valence-corrected chi connectivity index (χ3v) is 23.4. The molecule has 0 N–H and O–H groups in total. The fourth-order valence-corrected chi connectivity index (χ4v) is 17.5. The van der Waals surface area contributed by atoms with Gasteiger partial charge in [0.15, 0.2) is 58.2 Å². The molecule has 124 heavy (non-hydrogen) atoms. The maximum Gasteiger partial charge on any atom is 0.252 e. The first kappa shape index (κ1) is 72.3. The SMILES string of the molecule is c1ccc(-c2cc(-c3ccc(-c4ccc(N5c6ccccc6B6c7ccccc7N(c7ccccc7)c7cccc5c76)cc4)cc3)nc(-c3cc(-c4nc(-c5ccccc5)nc(-c5ccccc5)n4)ccc3-n3c4ccc(-c5nc(-c6ccccc6)nc(-c6ccccc6)n5)cc4c4cc(-c5nc(-c6ccccc6)nc(-c6ccccc6)n5)ccc43)n2)cc1. The summed E-state index contributed by atoms with van der Waals surface area (Å²) < 4.78 is 2.32. The molecule has 2 aliphatic heterocycles. The highest BCUT2D eigenvalue weighted by Crippen LogP contribution is 2.47. The fraction of sp³-hybridized carbons (Fsp3) is 0. The highest BCUT2D eigenvalue weighted by molar-refractivity contribution is 7.00. The minimum Gasteiger partial charge on any atom is -0.311 e. The minimum absolute atomic E-state index is 0.0443. The Morgan fingerprint density at radius 3 is 0.847 bits per heavy atom. The van der Waals surface area contributed by atoms with Crippen LogP contribution in [0.1, 0.15) is 0 Å². The molecule has 23 rings (SSSR count). The Morgan fingerprint density at radius 2 is 0.460 bits per heavy atom. The second-order valence-electron chi connectivity index (χ2n) is 30.9. The van der Waals surface area contributed by atoms with Crippen molar-refractivity contribution in [3.8, 4) is 153 Å². The van der Waals surface area contributed by atoms with Gasteiger partial charge >= 0.3 is 0 Å². The topological polar surface area (TPSA) is 153 Å². The molecule has 2 aliphatic rings. The number of aromatic nitrogens is 12. The summed E-state index contributed by atoms with van der Waals surface area (Å²) in [4.78, 5) is 63.5. The van der Waals surface area contributed by atoms with E-state index < -0.39 is 0 Å². The van der Waals surface area contributed by atoms with Gasteiger partial charge in [-0.1, -0.05) is 309 Å². The van der Waals surface area contributed by atoms with E-state index in [-0.39, 0.29) is 6.71 Å². The van der Waals surface area contributed by atoms with E-state index in [9.17, 15) is 0 Å². The first-order valence-electron chi connectivity index (χ1n) is 41.4. The molecule has 0 aliphatic carbocycles. The molecule has 578 valence electrons. The van der Waals surface area contributed by atoms with Gasteiger partial charge in [-0.25, -0.2) is 54.8 Å². The van der Waals surface area contributed by atoms with E-state index in [0.717, 1.165) is 134 Å². The van der Waals surface area contributed by atoms with E-state index in [1.807, 2.05) is 188 Å². The maximum absolute atomic E-state index is 5.76. The van der Waals surface area contributed by atoms with E-state index in [2.05, 4.69) is 245 Å². The molecule has 0 fully saturated rings. The molecular weight excluding hydrogens is 1520 g/mol. The van der Waals surface area contributed by atoms with Crippen molar-refractivity contribution in [2.45, 2.75) is 0 Å². The first-order valence-corrected chi connectivity index (χ1v) is 41.4. The summed E-state index contributed by atoms with van der Waals surface area (Å²) in [6.45, 7) is 0.0443. The first-order chi connectivity index (χ1) is 61.4. The van der Waals surface area contributed by atoms with Crippen molar-refractivity contribution in [3.05, 3.63) is 419 Å². The number of nitrogens with zero attached hydrogens (tertiary/aromatic N) is 14. The lowest BCUT2D eigenvalue weighted by molar-refractivity contribution is 1.07. The summed E-state index contributed by atoms with van der Waals surface area (Å²) in [5.74, 6) is 5.25. The normalized spacial score (nSPS) is 12.0. The molecule has 0 saturated heterocycles. The average molecular weight is 1590 g/mol. The Kier molecular flexibility index (Phi) is 18.0. The largest absolute Gasteiger partial charge is 0.311 e. The van der Waals surface area contributed by atoms with Crippen molar-refractivity contribution < 1.29 is 0 Å². The fourth-order valence-electron chi connectivity index (χ4n) is 17.5. The molecule has 5 aromatic heterocycles. The van der Waals surface area contributed by atoms with Crippen LogP contribution in [0.4, 0.5) is 34.1 Å². The van der Waals surface area contributed by atoms with Gasteiger partial charge in [0.25, 0.3) is 6.71 Å². The molecule has 0 amide bonds. The van der Waals surface area contributed by atoms with Crippen molar-refractivity contribution >= 4 is 79.0 Å². The van der Waals surface area contributed by atoms with Gasteiger partial charge in [0, 0.05) is 112 Å². The van der Waals surface area contributed by atoms with Crippen molar-refractivity contribution in [1.29, 1.82) is 0 Å². The van der Waals surface area contributed by atoms with Crippen LogP contribution < -0.4 is 26.2 Å². The predicted octanol–water partition coefficient (Wildman–Crippen LogP) is 23.9. The Morgan fingerprint density at radius 1 is 0.177 bits per heavy atom. The van der Waals surface area contributed by atoms with Crippen molar-refractivity contribution in [2.24, 2.45) is 0 Å². The zero-order valence-electron chi connectivity index (χ0n) is 66.7. The van der Waals surface area contributed by atoms with Crippen LogP contribution in [0.3, 0.4) is 0 Å². The minimum atomic E-state index is 0.0443. The van der Waals surface area contributed by atoms with Crippen molar-refractivity contribution in [3.63, 3.8) is 0 Å². The van der Waals surface area contributed by atoms with Crippen LogP contribution in [-0.2, 0) is 0 Å². The number of benzene rings is 16. The van der Waals surface area contributed by atoms with Crippen LogP contribution in [-0.4, -0.2) is 66.1 Å². The number of hydrogen-bond donors (Lipinski definition) is 0. The third kappa shape index (κ3) is 13.2. The smallest absolute Gasteiger partial charge is 0.252 e. The van der Waals surface area contributed by atoms with E-state index in [0.29, 0.717) is 63.8 Å². The standard InChI is InChI=1S/C109H69BN14/c1-9-30-72(31-10-1)90-69-91(73-54-52-70(53-55-73)71-56-61-84(62-57-71)123-96-49-28-26-47-89(96)110-88-46-25-27-48-95(88)122(83-44-23-8-24-45-83)97-50-29-51-98(123)99(97)110)112-109(111-90)87-68-82(108-120-104(78-40-19-6-20-41-78)115-105(121-108)79-42-21-7-22-43-79)60-65-94(87)124-92-63-58-80(106-116-100(74-32-11-2-12-33-74)113-101(117-106)75-34-13-3-14-35-75)66-85(92)86-67-81(59-64-93(86)124)107-118-102(76-36-15-4-16-37-76)114-103(119-107)77-38-17-5-18-39-77/h1-69H. The second kappa shape index (κ2) is 30.8. The zero-order valence-corrected chi connectivity index (χ0v) is 66.7. The molecule has 7 heterocycles. The molecule has 0 radical (unpaired) electrons. The predicted molar refractivity (Wildman–Crippen MR) is 501 cm³/mol. The van der Waals surface area contributed by atoms with Crippen LogP contribution in [0.25, 0.3) is 175 Å². The molecule has 0 bridgehead atoms. The molecular formula is C109H69BN14. The molecule has 0 spiro atoms. The number of anilines is 6. The average Bonchev–Trinajstić information content (AvgIpc) is 0.803. The van der Waals surface area contributed by atoms with Crippen LogP contribution in [0.2, 0.25) is 0 Å². The Balaban J connectivity index is 0.700. The van der Waals surface area contributed by atoms with Crippen LogP contribution in [0.15, 0.2) is 419 Å². The summed E-state index contributed by atoms with van der Waals surface area (Å²) in [7, 11) is 0. The summed E-state index contributed by atoms with van der Waals surface area (Å²) in [6.07, 6.45) is 0. The van der Waals surface area contributed by atoms with Gasteiger partial charge in [-0.15, -0.1) is 0 Å². The van der Waals surface area contributed by atoms with Gasteiger partial charge in [0.1, 0.15) is 0 Å². The van der Waals surface area contributed by atoms with E-state index >= 15 is 0 Å². The summed E-state index contributed by atoms with van der Waals surface area (Å²) in [5, 5.41) is 1.82. The molecule has 0 saturated carbocycles. The summed E-state index contributed by atoms with van der Waals surface area (Å²) in [6, 6.07) is 145. The number of fused-ring (bicyclic) bond motifs is 7. The molecule has 16 aromatic carbocycles. The van der Waals surface area contributed by atoms with Gasteiger partial charge in [-0.2, -0.15) is 0 Å². The lowest BCUT2D eigenvalue weighted by atomic mass is 9.33. The Hall–Kier alpha value is -16.9. The molecule has 21 aromatic rings. The lowest BCUT2D eigenvalue weighted by Crippen LogP contribution is -2.61. The maximum atomic E-state index is 5.76. The van der Waals surface area contributed by atoms with Crippen molar-refractivity contribution in [2.75, 3.05) is 9.80 Å². The van der Waals surface area contributed by atoms with Gasteiger partial charge < -0.3 is 14.4 Å². The van der Waals surface area contributed by atoms with E-state index in [1.54, 1.807) is 0 Å². The lowest BCUT2D eigenvalue weighted by Gasteiger charge is -2.44. The second-order valence-corrected chi connectivity index (χ2v) is 30.9. The molecule has 0 unspecified atom stereocenters. The van der Waals surface area contributed by atoms with Crippen molar-refractivity contribution in [1.82, 2.24) is 59.4 Å². The van der Waals surface area contributed by atoms with Gasteiger partial charge in [0.05, 0.1) is 28.1 Å².